The molecule has 0 saturated heterocycles. The molecule has 1 amide bonds. The highest BCUT2D eigenvalue weighted by Gasteiger charge is 2.07. The second kappa shape index (κ2) is 9.98. The van der Waals surface area contributed by atoms with Crippen molar-refractivity contribution in [2.75, 3.05) is 6.61 Å². The van der Waals surface area contributed by atoms with E-state index >= 15 is 0 Å². The number of aromatic hydroxyl groups is 1. The van der Waals surface area contributed by atoms with Crippen LogP contribution in [0.25, 0.3) is 0 Å². The summed E-state index contributed by atoms with van der Waals surface area (Å²) in [5, 5.41) is 13.4. The Morgan fingerprint density at radius 1 is 1.10 bits per heavy atom. The predicted molar refractivity (Wildman–Crippen MR) is 113 cm³/mol. The summed E-state index contributed by atoms with van der Waals surface area (Å²) in [5.74, 6) is 6.25. The minimum atomic E-state index is -0.433. The minimum absolute atomic E-state index is 0.0844. The maximum absolute atomic E-state index is 12.1. The lowest BCUT2D eigenvalue weighted by molar-refractivity contribution is 0.0955. The van der Waals surface area contributed by atoms with Gasteiger partial charge < -0.3 is 9.84 Å². The van der Waals surface area contributed by atoms with Crippen LogP contribution in [0.1, 0.15) is 21.5 Å². The van der Waals surface area contributed by atoms with Gasteiger partial charge in [0.25, 0.3) is 5.91 Å². The van der Waals surface area contributed by atoms with Crippen LogP contribution in [0.2, 0.25) is 5.02 Å². The minimum Gasteiger partial charge on any atom is -0.506 e. The number of halogens is 1. The maximum atomic E-state index is 12.1. The molecule has 0 aliphatic carbocycles. The van der Waals surface area contributed by atoms with Crippen molar-refractivity contribution >= 4 is 23.7 Å². The van der Waals surface area contributed by atoms with E-state index in [-0.39, 0.29) is 17.4 Å². The van der Waals surface area contributed by atoms with Gasteiger partial charge in [0.15, 0.2) is 0 Å². The number of para-hydroxylation sites is 1. The molecule has 6 heteroatoms. The van der Waals surface area contributed by atoms with Crippen LogP contribution >= 0.6 is 11.6 Å². The van der Waals surface area contributed by atoms with Crippen molar-refractivity contribution in [1.82, 2.24) is 5.43 Å². The zero-order chi connectivity index (χ0) is 20.5. The number of rotatable bonds is 5. The van der Waals surface area contributed by atoms with Gasteiger partial charge in [-0.2, -0.15) is 5.10 Å². The highest BCUT2D eigenvalue weighted by atomic mass is 35.5. The average molecular weight is 405 g/mol. The van der Waals surface area contributed by atoms with Crippen LogP contribution in [0.5, 0.6) is 11.5 Å². The predicted octanol–water partition coefficient (Wildman–Crippen LogP) is 4.24. The fourth-order valence-corrected chi connectivity index (χ4v) is 2.53. The van der Waals surface area contributed by atoms with E-state index in [2.05, 4.69) is 22.4 Å². The van der Waals surface area contributed by atoms with E-state index in [4.69, 9.17) is 16.3 Å². The molecule has 29 heavy (non-hydrogen) atoms. The molecule has 5 nitrogen and oxygen atoms in total. The van der Waals surface area contributed by atoms with Gasteiger partial charge in [0.2, 0.25) is 0 Å². The van der Waals surface area contributed by atoms with Gasteiger partial charge in [0.1, 0.15) is 18.1 Å². The van der Waals surface area contributed by atoms with Gasteiger partial charge in [-0.25, -0.2) is 5.43 Å². The van der Waals surface area contributed by atoms with Crippen LogP contribution in [0.4, 0.5) is 0 Å². The van der Waals surface area contributed by atoms with Gasteiger partial charge in [0.05, 0.1) is 11.2 Å². The van der Waals surface area contributed by atoms with Crippen LogP contribution in [-0.2, 0) is 0 Å². The number of phenols is 1. The largest absolute Gasteiger partial charge is 0.506 e. The summed E-state index contributed by atoms with van der Waals surface area (Å²) in [6.07, 6.45) is 1.52. The lowest BCUT2D eigenvalue weighted by Crippen LogP contribution is -2.17. The lowest BCUT2D eigenvalue weighted by atomic mass is 10.1. The molecule has 0 radical (unpaired) electrons. The standard InChI is InChI=1S/C23H17ClN2O3/c24-21-15-19(11-12-22(21)27)23(28)26-25-16-18-7-4-6-17(14-18)8-5-13-29-20-9-2-1-3-10-20/h1-4,6-7,9-12,14-16,27H,13H2,(H,26,28)/b25-16+. The van der Waals surface area contributed by atoms with E-state index in [1.54, 1.807) is 0 Å². The molecule has 0 aliphatic rings. The summed E-state index contributed by atoms with van der Waals surface area (Å²) in [4.78, 5) is 12.1. The second-order valence-corrected chi connectivity index (χ2v) is 6.30. The lowest BCUT2D eigenvalue weighted by Gasteiger charge is -2.02. The molecule has 0 bridgehead atoms. The van der Waals surface area contributed by atoms with Gasteiger partial charge in [-0.05, 0) is 48.0 Å². The summed E-state index contributed by atoms with van der Waals surface area (Å²) in [6.45, 7) is 0.285. The average Bonchev–Trinajstić information content (AvgIpc) is 2.74. The van der Waals surface area contributed by atoms with Crippen LogP contribution in [-0.4, -0.2) is 23.8 Å². The van der Waals surface area contributed by atoms with Crippen molar-refractivity contribution in [3.8, 4) is 23.3 Å². The summed E-state index contributed by atoms with van der Waals surface area (Å²) < 4.78 is 5.53. The van der Waals surface area contributed by atoms with E-state index in [9.17, 15) is 9.90 Å². The van der Waals surface area contributed by atoms with Crippen molar-refractivity contribution < 1.29 is 14.6 Å². The number of amides is 1. The fourth-order valence-electron chi connectivity index (χ4n) is 2.35. The normalized spacial score (nSPS) is 10.2. The third-order valence-corrected chi connectivity index (χ3v) is 4.07. The van der Waals surface area contributed by atoms with Crippen LogP contribution in [0, 0.1) is 11.8 Å². The fraction of sp³-hybridized carbons (Fsp3) is 0.0435. The number of carbonyl (C=O) groups excluding carboxylic acids is 1. The second-order valence-electron chi connectivity index (χ2n) is 5.89. The molecular weight excluding hydrogens is 388 g/mol. The summed E-state index contributed by atoms with van der Waals surface area (Å²) in [7, 11) is 0. The van der Waals surface area contributed by atoms with Gasteiger partial charge in [0, 0.05) is 11.1 Å². The van der Waals surface area contributed by atoms with Crippen LogP contribution in [0.3, 0.4) is 0 Å². The Kier molecular flexibility index (Phi) is 6.88. The number of ether oxygens (including phenoxy) is 1. The number of hydrazone groups is 1. The molecule has 3 aromatic rings. The number of nitrogens with one attached hydrogen (secondary N) is 1. The van der Waals surface area contributed by atoms with E-state index < -0.39 is 5.91 Å². The number of nitrogens with zero attached hydrogens (tertiary/aromatic N) is 1. The highest BCUT2D eigenvalue weighted by molar-refractivity contribution is 6.32. The van der Waals surface area contributed by atoms with Crippen LogP contribution < -0.4 is 10.2 Å². The Morgan fingerprint density at radius 2 is 1.93 bits per heavy atom. The third kappa shape index (κ3) is 6.13. The first-order chi connectivity index (χ1) is 14.1. The number of phenolic OH excluding ortho intramolecular Hbond substituents is 1. The quantitative estimate of drug-likeness (QED) is 0.379. The van der Waals surface area contributed by atoms with E-state index in [0.29, 0.717) is 5.56 Å². The topological polar surface area (TPSA) is 70.9 Å². The molecule has 144 valence electrons. The zero-order valence-electron chi connectivity index (χ0n) is 15.3. The molecule has 2 N–H and O–H groups in total. The molecule has 0 atom stereocenters. The number of hydrogen-bond donors (Lipinski definition) is 2. The number of carbonyl (C=O) groups is 1. The van der Waals surface area contributed by atoms with Crippen molar-refractivity contribution in [1.29, 1.82) is 0 Å². The van der Waals surface area contributed by atoms with Crippen molar-refractivity contribution in [2.45, 2.75) is 0 Å². The first-order valence-corrected chi connectivity index (χ1v) is 9.08. The maximum Gasteiger partial charge on any atom is 0.271 e. The molecule has 0 saturated carbocycles. The Labute approximate surface area is 173 Å². The Morgan fingerprint density at radius 3 is 2.72 bits per heavy atom. The number of benzene rings is 3. The monoisotopic (exact) mass is 404 g/mol. The third-order valence-electron chi connectivity index (χ3n) is 3.76. The van der Waals surface area contributed by atoms with Crippen molar-refractivity contribution in [3.05, 3.63) is 94.5 Å². The van der Waals surface area contributed by atoms with E-state index in [1.807, 2.05) is 54.6 Å². The van der Waals surface area contributed by atoms with Crippen molar-refractivity contribution in [3.63, 3.8) is 0 Å². The molecule has 0 fully saturated rings. The SMILES string of the molecule is O=C(N/N=C/c1cccc(C#CCOc2ccccc2)c1)c1ccc(O)c(Cl)c1. The van der Waals surface area contributed by atoms with Gasteiger partial charge in [-0.1, -0.05) is 53.8 Å². The summed E-state index contributed by atoms with van der Waals surface area (Å²) >= 11 is 5.80. The molecule has 0 aliphatic heterocycles. The van der Waals surface area contributed by atoms with Crippen molar-refractivity contribution in [2.24, 2.45) is 5.10 Å². The van der Waals surface area contributed by atoms with E-state index in [0.717, 1.165) is 16.9 Å². The summed E-state index contributed by atoms with van der Waals surface area (Å²) in [5.41, 5.74) is 4.30. The Bertz CT molecular complexity index is 1090. The summed E-state index contributed by atoms with van der Waals surface area (Å²) in [6, 6.07) is 21.1. The molecule has 3 aromatic carbocycles. The number of hydrogen-bond acceptors (Lipinski definition) is 4. The van der Waals surface area contributed by atoms with Gasteiger partial charge >= 0.3 is 0 Å². The molecule has 0 spiro atoms. The molecule has 0 heterocycles. The highest BCUT2D eigenvalue weighted by Crippen LogP contribution is 2.23. The molecular formula is C23H17ClN2O3. The molecule has 3 rings (SSSR count). The molecule has 0 unspecified atom stereocenters. The first-order valence-electron chi connectivity index (χ1n) is 8.70. The molecule has 0 aromatic heterocycles. The van der Waals surface area contributed by atoms with E-state index in [1.165, 1.54) is 24.4 Å². The van der Waals surface area contributed by atoms with Gasteiger partial charge in [-0.3, -0.25) is 4.79 Å². The smallest absolute Gasteiger partial charge is 0.271 e. The van der Waals surface area contributed by atoms with Gasteiger partial charge in [-0.15, -0.1) is 0 Å². The Hall–Kier alpha value is -3.75. The first kappa shape index (κ1) is 20.0. The van der Waals surface area contributed by atoms with Crippen LogP contribution in [0.15, 0.2) is 77.9 Å². The Balaban J connectivity index is 1.56. The zero-order valence-corrected chi connectivity index (χ0v) is 16.1.